The van der Waals surface area contributed by atoms with Crippen LogP contribution in [-0.2, 0) is 16.0 Å². The van der Waals surface area contributed by atoms with Crippen molar-refractivity contribution >= 4 is 11.9 Å². The number of nitrogens with one attached hydrogen (secondary N) is 1. The molecule has 0 saturated carbocycles. The molecule has 1 aromatic rings. The van der Waals surface area contributed by atoms with Crippen LogP contribution in [0, 0.1) is 11.8 Å². The van der Waals surface area contributed by atoms with Crippen molar-refractivity contribution in [2.75, 3.05) is 13.7 Å². The van der Waals surface area contributed by atoms with Crippen LogP contribution in [0.15, 0.2) is 18.2 Å². The molecule has 2 rings (SSSR count). The number of carboxylic acids is 1. The predicted molar refractivity (Wildman–Crippen MR) is 84.7 cm³/mol. The van der Waals surface area contributed by atoms with Gasteiger partial charge in [-0.25, -0.2) is 4.79 Å². The molecule has 0 radical (unpaired) electrons. The van der Waals surface area contributed by atoms with Crippen LogP contribution in [0.25, 0.3) is 0 Å². The van der Waals surface area contributed by atoms with Crippen molar-refractivity contribution in [3.63, 3.8) is 0 Å². The van der Waals surface area contributed by atoms with E-state index in [1.807, 2.05) is 32.0 Å². The molecule has 1 heterocycles. The zero-order chi connectivity index (χ0) is 17.0. The van der Waals surface area contributed by atoms with Crippen molar-refractivity contribution in [2.45, 2.75) is 32.7 Å². The highest BCUT2D eigenvalue weighted by Crippen LogP contribution is 2.30. The first-order valence-electron chi connectivity index (χ1n) is 7.73. The van der Waals surface area contributed by atoms with Crippen LogP contribution in [0.3, 0.4) is 0 Å². The second-order valence-corrected chi connectivity index (χ2v) is 6.21. The third-order valence-corrected chi connectivity index (χ3v) is 3.87. The Morgan fingerprint density at radius 1 is 1.43 bits per heavy atom. The molecule has 0 aliphatic carbocycles. The summed E-state index contributed by atoms with van der Waals surface area (Å²) in [5.41, 5.74) is 0.895. The van der Waals surface area contributed by atoms with Gasteiger partial charge in [-0.3, -0.25) is 4.79 Å². The molecule has 126 valence electrons. The van der Waals surface area contributed by atoms with Crippen LogP contribution in [0.2, 0.25) is 0 Å². The van der Waals surface area contributed by atoms with Crippen LogP contribution in [0.4, 0.5) is 0 Å². The summed E-state index contributed by atoms with van der Waals surface area (Å²) in [4.78, 5) is 23.6. The lowest BCUT2D eigenvalue weighted by molar-refractivity contribution is -0.143. The number of ether oxygens (including phenoxy) is 2. The first-order valence-corrected chi connectivity index (χ1v) is 7.73. The van der Waals surface area contributed by atoms with Crippen LogP contribution in [-0.4, -0.2) is 36.7 Å². The number of fused-ring (bicyclic) bond motifs is 1. The summed E-state index contributed by atoms with van der Waals surface area (Å²) in [7, 11) is 1.58. The molecule has 6 nitrogen and oxygen atoms in total. The Labute approximate surface area is 135 Å². The van der Waals surface area contributed by atoms with Gasteiger partial charge < -0.3 is 19.9 Å². The smallest absolute Gasteiger partial charge is 0.326 e. The lowest BCUT2D eigenvalue weighted by Gasteiger charge is -2.26. The van der Waals surface area contributed by atoms with E-state index in [1.165, 1.54) is 0 Å². The molecular weight excluding hydrogens is 298 g/mol. The number of carbonyl (C=O) groups is 2. The average Bonchev–Trinajstić information content (AvgIpc) is 2.52. The lowest BCUT2D eigenvalue weighted by atomic mass is 9.95. The van der Waals surface area contributed by atoms with Gasteiger partial charge in [0.05, 0.1) is 13.0 Å². The highest BCUT2D eigenvalue weighted by molar-refractivity contribution is 5.85. The van der Waals surface area contributed by atoms with Crippen molar-refractivity contribution in [3.05, 3.63) is 23.8 Å². The fraction of sp³-hybridized carbons (Fsp3) is 0.529. The van der Waals surface area contributed by atoms with Gasteiger partial charge in [0.25, 0.3) is 0 Å². The van der Waals surface area contributed by atoms with Gasteiger partial charge in [-0.05, 0) is 42.5 Å². The zero-order valence-corrected chi connectivity index (χ0v) is 13.7. The first kappa shape index (κ1) is 17.1. The van der Waals surface area contributed by atoms with Crippen LogP contribution < -0.4 is 14.8 Å². The minimum Gasteiger partial charge on any atom is -0.497 e. The number of hydrogen-bond donors (Lipinski definition) is 2. The topological polar surface area (TPSA) is 84.9 Å². The van der Waals surface area contributed by atoms with Gasteiger partial charge in [0.2, 0.25) is 5.91 Å². The highest BCUT2D eigenvalue weighted by atomic mass is 16.5. The third kappa shape index (κ3) is 4.37. The van der Waals surface area contributed by atoms with Crippen molar-refractivity contribution in [3.8, 4) is 11.5 Å². The monoisotopic (exact) mass is 321 g/mol. The van der Waals surface area contributed by atoms with E-state index in [-0.39, 0.29) is 18.4 Å². The molecule has 0 saturated heterocycles. The number of rotatable bonds is 6. The van der Waals surface area contributed by atoms with Crippen molar-refractivity contribution in [1.29, 1.82) is 0 Å². The maximum atomic E-state index is 12.4. The summed E-state index contributed by atoms with van der Waals surface area (Å²) >= 11 is 0. The molecular formula is C17H23NO5. The van der Waals surface area contributed by atoms with E-state index in [0.29, 0.717) is 18.6 Å². The van der Waals surface area contributed by atoms with Gasteiger partial charge in [-0.1, -0.05) is 13.8 Å². The number of carbonyl (C=O) groups excluding carboxylic acids is 1. The standard InChI is InChI=1S/C17H23NO5/c1-10(2)6-14(17(20)21)18-16(19)12-7-11-8-13(22-3)4-5-15(11)23-9-12/h4-5,8,10,12,14H,6-7,9H2,1-3H3,(H,18,19)(H,20,21)/t12?,14-/m1/s1. The molecule has 2 N–H and O–H groups in total. The normalized spacial score (nSPS) is 17.8. The number of methoxy groups -OCH3 is 1. The molecule has 0 fully saturated rings. The third-order valence-electron chi connectivity index (χ3n) is 3.87. The Morgan fingerprint density at radius 3 is 2.78 bits per heavy atom. The number of amides is 1. The second kappa shape index (κ2) is 7.35. The number of aliphatic carboxylic acids is 1. The first-order chi connectivity index (χ1) is 10.9. The number of benzene rings is 1. The molecule has 1 aliphatic heterocycles. The zero-order valence-electron chi connectivity index (χ0n) is 13.7. The van der Waals surface area contributed by atoms with Crippen molar-refractivity contribution < 1.29 is 24.2 Å². The molecule has 6 heteroatoms. The molecule has 2 atom stereocenters. The summed E-state index contributed by atoms with van der Waals surface area (Å²) in [6, 6.07) is 4.61. The van der Waals surface area contributed by atoms with Crippen LogP contribution in [0.1, 0.15) is 25.8 Å². The maximum absolute atomic E-state index is 12.4. The number of carboxylic acid groups (broad SMARTS) is 1. The minimum atomic E-state index is -1.01. The van der Waals surface area contributed by atoms with Crippen molar-refractivity contribution in [2.24, 2.45) is 11.8 Å². The Kier molecular flexibility index (Phi) is 5.47. The van der Waals surface area contributed by atoms with Crippen molar-refractivity contribution in [1.82, 2.24) is 5.32 Å². The molecule has 1 unspecified atom stereocenters. The van der Waals surface area contributed by atoms with Gasteiger partial charge in [0.15, 0.2) is 0 Å². The molecule has 1 aromatic carbocycles. The molecule has 0 spiro atoms. The molecule has 0 bridgehead atoms. The second-order valence-electron chi connectivity index (χ2n) is 6.21. The molecule has 1 aliphatic rings. The number of hydrogen-bond acceptors (Lipinski definition) is 4. The van der Waals surface area contributed by atoms with Gasteiger partial charge in [-0.15, -0.1) is 0 Å². The summed E-state index contributed by atoms with van der Waals surface area (Å²) in [6.07, 6.45) is 0.908. The molecule has 1 amide bonds. The van der Waals surface area contributed by atoms with Gasteiger partial charge in [-0.2, -0.15) is 0 Å². The largest absolute Gasteiger partial charge is 0.497 e. The Hall–Kier alpha value is -2.24. The fourth-order valence-corrected chi connectivity index (χ4v) is 2.65. The fourth-order valence-electron chi connectivity index (χ4n) is 2.65. The van der Waals surface area contributed by atoms with E-state index in [2.05, 4.69) is 5.32 Å². The average molecular weight is 321 g/mol. The van der Waals surface area contributed by atoms with Gasteiger partial charge in [0.1, 0.15) is 24.1 Å². The van der Waals surface area contributed by atoms with E-state index >= 15 is 0 Å². The van der Waals surface area contributed by atoms with Crippen LogP contribution >= 0.6 is 0 Å². The summed E-state index contributed by atoms with van der Waals surface area (Å²) in [5.74, 6) is -0.0616. The summed E-state index contributed by atoms with van der Waals surface area (Å²) in [5, 5.41) is 11.9. The highest BCUT2D eigenvalue weighted by Gasteiger charge is 2.30. The maximum Gasteiger partial charge on any atom is 0.326 e. The Bertz CT molecular complexity index is 584. The van der Waals surface area contributed by atoms with E-state index in [9.17, 15) is 14.7 Å². The SMILES string of the molecule is COc1ccc2c(c1)CC(C(=O)N[C@H](CC(C)C)C(=O)O)CO2. The predicted octanol–water partition coefficient (Wildman–Crippen LogP) is 1.86. The van der Waals surface area contributed by atoms with E-state index in [0.717, 1.165) is 11.3 Å². The van der Waals surface area contributed by atoms with Gasteiger partial charge in [0, 0.05) is 0 Å². The Balaban J connectivity index is 2.04. The minimum absolute atomic E-state index is 0.184. The molecule has 0 aromatic heterocycles. The summed E-state index contributed by atoms with van der Waals surface area (Å²) < 4.78 is 10.8. The van der Waals surface area contributed by atoms with Gasteiger partial charge >= 0.3 is 5.97 Å². The van der Waals surface area contributed by atoms with Crippen LogP contribution in [0.5, 0.6) is 11.5 Å². The Morgan fingerprint density at radius 2 is 2.17 bits per heavy atom. The molecule has 23 heavy (non-hydrogen) atoms. The summed E-state index contributed by atoms with van der Waals surface area (Å²) in [6.45, 7) is 4.10. The van der Waals surface area contributed by atoms with E-state index in [1.54, 1.807) is 7.11 Å². The van der Waals surface area contributed by atoms with E-state index < -0.39 is 17.9 Å². The van der Waals surface area contributed by atoms with E-state index in [4.69, 9.17) is 9.47 Å². The quantitative estimate of drug-likeness (QED) is 0.835. The lowest BCUT2D eigenvalue weighted by Crippen LogP contribution is -2.46.